The van der Waals surface area contributed by atoms with Crippen molar-refractivity contribution >= 4 is 21.9 Å². The van der Waals surface area contributed by atoms with E-state index in [-0.39, 0.29) is 5.92 Å². The third-order valence-electron chi connectivity index (χ3n) is 5.59. The van der Waals surface area contributed by atoms with Crippen LogP contribution in [0, 0.1) is 13.8 Å². The maximum absolute atomic E-state index is 6.45. The first-order valence-electron chi connectivity index (χ1n) is 10.1. The Bertz CT molecular complexity index is 1340. The molecule has 0 amide bonds. The fraction of sp³-hybridized carbons (Fsp3) is 0.192. The van der Waals surface area contributed by atoms with Crippen LogP contribution in [0.5, 0.6) is 0 Å². The Kier molecular flexibility index (Phi) is 4.06. The topological polar surface area (TPSA) is 30.2 Å². The van der Waals surface area contributed by atoms with Crippen molar-refractivity contribution in [3.8, 4) is 17.1 Å². The summed E-state index contributed by atoms with van der Waals surface area (Å²) in [6.45, 7) is 8.59. The number of benzene rings is 3. The van der Waals surface area contributed by atoms with Crippen molar-refractivity contribution < 1.29 is 13.4 Å². The molecule has 0 spiro atoms. The molecule has 3 heteroatoms. The van der Waals surface area contributed by atoms with Gasteiger partial charge in [-0.1, -0.05) is 56.3 Å². The van der Waals surface area contributed by atoms with Crippen molar-refractivity contribution in [1.29, 1.82) is 0 Å². The van der Waals surface area contributed by atoms with Gasteiger partial charge in [0, 0.05) is 29.2 Å². The summed E-state index contributed by atoms with van der Waals surface area (Å²) in [7, 11) is 0. The second-order valence-electron chi connectivity index (χ2n) is 7.92. The second-order valence-corrected chi connectivity index (χ2v) is 7.92. The maximum Gasteiger partial charge on any atom is 0.387 e. The van der Waals surface area contributed by atoms with Crippen molar-refractivity contribution in [2.75, 3.05) is 0 Å². The molecule has 0 atom stereocenters. The highest BCUT2D eigenvalue weighted by molar-refractivity contribution is 6.07. The maximum atomic E-state index is 6.45. The van der Waals surface area contributed by atoms with Gasteiger partial charge >= 0.3 is 5.89 Å². The lowest BCUT2D eigenvalue weighted by atomic mass is 10.1. The largest absolute Gasteiger partial charge is 0.449 e. The van der Waals surface area contributed by atoms with Crippen LogP contribution in [0.2, 0.25) is 0 Å². The lowest BCUT2D eigenvalue weighted by Gasteiger charge is -2.03. The zero-order valence-electron chi connectivity index (χ0n) is 17.2. The molecular weight excluding hydrogens is 358 g/mol. The summed E-state index contributed by atoms with van der Waals surface area (Å²) in [5.41, 5.74) is 6.16. The summed E-state index contributed by atoms with van der Waals surface area (Å²) in [6.07, 6.45) is 0. The first-order chi connectivity index (χ1) is 14.1. The predicted molar refractivity (Wildman–Crippen MR) is 117 cm³/mol. The summed E-state index contributed by atoms with van der Waals surface area (Å²) < 4.78 is 15.0. The lowest BCUT2D eigenvalue weighted by Crippen LogP contribution is -2.35. The molecule has 144 valence electrons. The van der Waals surface area contributed by atoms with E-state index in [0.29, 0.717) is 0 Å². The standard InChI is InChI=1S/C26H24NO2/c1-16(2)24-18(4)27(26(29-24)19-10-6-5-7-11-19)23-17(3)14-15-21-20-12-8-9-13-22(20)28-25(21)23/h5-16H,1-4H3/q+1. The van der Waals surface area contributed by atoms with E-state index < -0.39 is 0 Å². The predicted octanol–water partition coefficient (Wildman–Crippen LogP) is 6.86. The highest BCUT2D eigenvalue weighted by atomic mass is 16.4. The fourth-order valence-electron chi connectivity index (χ4n) is 4.21. The first kappa shape index (κ1) is 17.7. The molecule has 0 saturated carbocycles. The number of aromatic nitrogens is 1. The van der Waals surface area contributed by atoms with E-state index in [2.05, 4.69) is 68.7 Å². The van der Waals surface area contributed by atoms with E-state index >= 15 is 0 Å². The van der Waals surface area contributed by atoms with E-state index in [1.807, 2.05) is 30.3 Å². The Hall–Kier alpha value is -3.33. The summed E-state index contributed by atoms with van der Waals surface area (Å²) in [5.74, 6) is 2.12. The summed E-state index contributed by atoms with van der Waals surface area (Å²) in [6, 6.07) is 22.8. The molecule has 0 aliphatic rings. The molecular formula is C26H24NO2+. The van der Waals surface area contributed by atoms with Crippen molar-refractivity contribution in [3.63, 3.8) is 0 Å². The van der Waals surface area contributed by atoms with Crippen LogP contribution in [0.4, 0.5) is 0 Å². The Morgan fingerprint density at radius 2 is 1.48 bits per heavy atom. The normalized spacial score (nSPS) is 11.8. The minimum atomic E-state index is 0.286. The fourth-order valence-corrected chi connectivity index (χ4v) is 4.21. The molecule has 0 unspecified atom stereocenters. The van der Waals surface area contributed by atoms with Gasteiger partial charge in [-0.05, 0) is 31.2 Å². The smallest absolute Gasteiger partial charge is 0.387 e. The minimum Gasteiger partial charge on any atom is -0.449 e. The molecule has 2 aromatic heterocycles. The zero-order chi connectivity index (χ0) is 20.1. The monoisotopic (exact) mass is 382 g/mol. The highest BCUT2D eigenvalue weighted by Gasteiger charge is 2.33. The number of hydrogen-bond acceptors (Lipinski definition) is 2. The number of oxazole rings is 1. The van der Waals surface area contributed by atoms with Gasteiger partial charge in [-0.2, -0.15) is 0 Å². The Morgan fingerprint density at radius 3 is 2.24 bits per heavy atom. The summed E-state index contributed by atoms with van der Waals surface area (Å²) in [5, 5.41) is 2.26. The zero-order valence-corrected chi connectivity index (χ0v) is 17.2. The number of rotatable bonds is 3. The van der Waals surface area contributed by atoms with Gasteiger partial charge in [0.2, 0.25) is 11.3 Å². The van der Waals surface area contributed by atoms with Crippen LogP contribution >= 0.6 is 0 Å². The van der Waals surface area contributed by atoms with E-state index in [1.165, 1.54) is 0 Å². The second kappa shape index (κ2) is 6.63. The molecule has 29 heavy (non-hydrogen) atoms. The summed E-state index contributed by atoms with van der Waals surface area (Å²) >= 11 is 0. The third-order valence-corrected chi connectivity index (χ3v) is 5.59. The van der Waals surface area contributed by atoms with E-state index in [1.54, 1.807) is 0 Å². The van der Waals surface area contributed by atoms with Crippen LogP contribution in [0.15, 0.2) is 75.6 Å². The van der Waals surface area contributed by atoms with Crippen LogP contribution < -0.4 is 4.57 Å². The number of hydrogen-bond donors (Lipinski definition) is 0. The van der Waals surface area contributed by atoms with E-state index in [4.69, 9.17) is 8.83 Å². The number of nitrogens with zero attached hydrogens (tertiary/aromatic N) is 1. The Balaban J connectivity index is 1.91. The molecule has 3 nitrogen and oxygen atoms in total. The van der Waals surface area contributed by atoms with Crippen LogP contribution in [-0.2, 0) is 0 Å². The van der Waals surface area contributed by atoms with Crippen LogP contribution in [0.1, 0.15) is 36.8 Å². The van der Waals surface area contributed by atoms with Gasteiger partial charge in [0.05, 0.1) is 5.56 Å². The van der Waals surface area contributed by atoms with Crippen LogP contribution in [0.25, 0.3) is 39.1 Å². The van der Waals surface area contributed by atoms with Crippen molar-refractivity contribution in [3.05, 3.63) is 83.7 Å². The van der Waals surface area contributed by atoms with Gasteiger partial charge in [0.25, 0.3) is 5.69 Å². The molecule has 0 aliphatic carbocycles. The number of para-hydroxylation sites is 1. The molecule has 0 saturated heterocycles. The van der Waals surface area contributed by atoms with Gasteiger partial charge in [-0.3, -0.25) is 0 Å². The minimum absolute atomic E-state index is 0.286. The highest BCUT2D eigenvalue weighted by Crippen LogP contribution is 2.35. The van der Waals surface area contributed by atoms with E-state index in [0.717, 1.165) is 56.1 Å². The van der Waals surface area contributed by atoms with Gasteiger partial charge in [-0.25, -0.2) is 0 Å². The van der Waals surface area contributed by atoms with Gasteiger partial charge in [0.1, 0.15) is 5.58 Å². The van der Waals surface area contributed by atoms with Gasteiger partial charge < -0.3 is 8.83 Å². The molecule has 3 aromatic carbocycles. The molecule has 0 aliphatic heterocycles. The van der Waals surface area contributed by atoms with Crippen LogP contribution in [0.3, 0.4) is 0 Å². The molecule has 5 aromatic rings. The van der Waals surface area contributed by atoms with Crippen LogP contribution in [-0.4, -0.2) is 0 Å². The third kappa shape index (κ3) is 2.69. The number of fused-ring (bicyclic) bond motifs is 3. The van der Waals surface area contributed by atoms with Gasteiger partial charge in [0.15, 0.2) is 5.76 Å². The van der Waals surface area contributed by atoms with Gasteiger partial charge in [-0.15, -0.1) is 4.57 Å². The first-order valence-corrected chi connectivity index (χ1v) is 10.1. The average Bonchev–Trinajstić information content (AvgIpc) is 3.27. The molecule has 0 N–H and O–H groups in total. The molecule has 0 radical (unpaired) electrons. The average molecular weight is 382 g/mol. The number of furan rings is 1. The molecule has 5 rings (SSSR count). The number of aryl methyl sites for hydroxylation is 1. The molecule has 0 fully saturated rings. The quantitative estimate of drug-likeness (QED) is 0.319. The Morgan fingerprint density at radius 1 is 0.759 bits per heavy atom. The van der Waals surface area contributed by atoms with Crippen molar-refractivity contribution in [2.24, 2.45) is 0 Å². The summed E-state index contributed by atoms with van der Waals surface area (Å²) in [4.78, 5) is 0. The van der Waals surface area contributed by atoms with Crippen molar-refractivity contribution in [2.45, 2.75) is 33.6 Å². The van der Waals surface area contributed by atoms with Crippen molar-refractivity contribution in [1.82, 2.24) is 0 Å². The SMILES string of the molecule is Cc1ccc2c(oc3ccccc32)c1-[n+]1c(-c2ccccc2)oc(C(C)C)c1C. The Labute approximate surface area is 170 Å². The van der Waals surface area contributed by atoms with E-state index in [9.17, 15) is 0 Å². The molecule has 0 bridgehead atoms. The molecule has 2 heterocycles. The lowest BCUT2D eigenvalue weighted by molar-refractivity contribution is -0.592.